The Balaban J connectivity index is 3.99. The highest BCUT2D eigenvalue weighted by Gasteiger charge is 2.27. The lowest BCUT2D eigenvalue weighted by atomic mass is 10.0. The van der Waals surface area contributed by atoms with Crippen LogP contribution in [-0.2, 0) is 0 Å². The first kappa shape index (κ1) is 11.8. The molecule has 0 amide bonds. The van der Waals surface area contributed by atoms with Gasteiger partial charge in [0.15, 0.2) is 0 Å². The Hall–Kier alpha value is -0.200. The van der Waals surface area contributed by atoms with Crippen molar-refractivity contribution in [1.82, 2.24) is 5.32 Å². The van der Waals surface area contributed by atoms with E-state index < -0.39 is 24.9 Å². The number of hydrogen-bond acceptors (Lipinski definition) is 5. The maximum Gasteiger partial charge on any atom is 0.109 e. The number of aliphatic hydroxyl groups is 4. The van der Waals surface area contributed by atoms with Gasteiger partial charge in [-0.3, -0.25) is 0 Å². The van der Waals surface area contributed by atoms with Crippen molar-refractivity contribution in [3.05, 3.63) is 0 Å². The predicted octanol–water partition coefficient (Wildman–Crippen LogP) is -2.33. The molecular weight excluding hydrogens is 162 g/mol. The third-order valence-corrected chi connectivity index (χ3v) is 1.90. The van der Waals surface area contributed by atoms with E-state index in [2.05, 4.69) is 5.32 Å². The van der Waals surface area contributed by atoms with Crippen LogP contribution in [-0.4, -0.2) is 58.4 Å². The Morgan fingerprint density at radius 2 is 1.67 bits per heavy atom. The third-order valence-electron chi connectivity index (χ3n) is 1.90. The van der Waals surface area contributed by atoms with Gasteiger partial charge in [-0.15, -0.1) is 0 Å². The van der Waals surface area contributed by atoms with Crippen molar-refractivity contribution in [2.75, 3.05) is 13.7 Å². The van der Waals surface area contributed by atoms with Gasteiger partial charge in [0.2, 0.25) is 0 Å². The van der Waals surface area contributed by atoms with E-state index in [1.54, 1.807) is 14.0 Å². The van der Waals surface area contributed by atoms with Gasteiger partial charge in [-0.05, 0) is 14.0 Å². The molecule has 4 atom stereocenters. The molecule has 0 heterocycles. The summed E-state index contributed by atoms with van der Waals surface area (Å²) in [5, 5.41) is 38.6. The molecule has 0 rings (SSSR count). The van der Waals surface area contributed by atoms with Crippen LogP contribution in [0.2, 0.25) is 0 Å². The minimum Gasteiger partial charge on any atom is -0.394 e. The van der Waals surface area contributed by atoms with E-state index in [-0.39, 0.29) is 6.04 Å². The molecule has 5 nitrogen and oxygen atoms in total. The van der Waals surface area contributed by atoms with Crippen LogP contribution in [0.3, 0.4) is 0 Å². The maximum atomic E-state index is 9.30. The minimum atomic E-state index is -1.32. The molecular formula is C7H17NO4. The molecule has 0 fully saturated rings. The zero-order chi connectivity index (χ0) is 9.72. The van der Waals surface area contributed by atoms with E-state index >= 15 is 0 Å². The summed E-state index contributed by atoms with van der Waals surface area (Å²) < 4.78 is 0. The Labute approximate surface area is 71.7 Å². The smallest absolute Gasteiger partial charge is 0.109 e. The summed E-state index contributed by atoms with van der Waals surface area (Å²) in [4.78, 5) is 0. The standard InChI is InChI=1S/C7H17NO4/c1-4(8-2)6(11)7(12)5(10)3-9/h4-12H,3H2,1-2H3. The molecule has 0 aromatic rings. The van der Waals surface area contributed by atoms with Gasteiger partial charge < -0.3 is 25.7 Å². The van der Waals surface area contributed by atoms with Gasteiger partial charge in [-0.2, -0.15) is 0 Å². The fraction of sp³-hybridized carbons (Fsp3) is 1.00. The topological polar surface area (TPSA) is 93.0 Å². The molecule has 0 aliphatic heterocycles. The van der Waals surface area contributed by atoms with Crippen LogP contribution in [0, 0.1) is 0 Å². The molecule has 0 aromatic carbocycles. The van der Waals surface area contributed by atoms with Crippen LogP contribution >= 0.6 is 0 Å². The normalized spacial score (nSPS) is 21.5. The van der Waals surface area contributed by atoms with E-state index in [1.165, 1.54) is 0 Å². The van der Waals surface area contributed by atoms with E-state index in [0.717, 1.165) is 0 Å². The van der Waals surface area contributed by atoms with Gasteiger partial charge in [0, 0.05) is 6.04 Å². The van der Waals surface area contributed by atoms with Crippen molar-refractivity contribution >= 4 is 0 Å². The van der Waals surface area contributed by atoms with Gasteiger partial charge in [0.05, 0.1) is 12.7 Å². The van der Waals surface area contributed by atoms with Crippen LogP contribution in [0.25, 0.3) is 0 Å². The molecule has 74 valence electrons. The van der Waals surface area contributed by atoms with Crippen LogP contribution in [0.1, 0.15) is 6.92 Å². The van der Waals surface area contributed by atoms with E-state index in [9.17, 15) is 10.2 Å². The first-order valence-corrected chi connectivity index (χ1v) is 3.87. The van der Waals surface area contributed by atoms with Crippen molar-refractivity contribution in [3.8, 4) is 0 Å². The van der Waals surface area contributed by atoms with Crippen LogP contribution in [0.15, 0.2) is 0 Å². The number of rotatable bonds is 5. The lowest BCUT2D eigenvalue weighted by molar-refractivity contribution is -0.0844. The highest BCUT2D eigenvalue weighted by Crippen LogP contribution is 2.03. The highest BCUT2D eigenvalue weighted by atomic mass is 16.4. The van der Waals surface area contributed by atoms with Crippen molar-refractivity contribution in [1.29, 1.82) is 0 Å². The van der Waals surface area contributed by atoms with Crippen molar-refractivity contribution in [3.63, 3.8) is 0 Å². The molecule has 0 aliphatic carbocycles. The summed E-state index contributed by atoms with van der Waals surface area (Å²) in [7, 11) is 1.63. The summed E-state index contributed by atoms with van der Waals surface area (Å²) in [6, 6.07) is -0.332. The molecule has 0 radical (unpaired) electrons. The Bertz CT molecular complexity index is 108. The van der Waals surface area contributed by atoms with Crippen molar-refractivity contribution < 1.29 is 20.4 Å². The molecule has 0 spiro atoms. The second-order valence-electron chi connectivity index (χ2n) is 2.81. The van der Waals surface area contributed by atoms with E-state index in [4.69, 9.17) is 10.2 Å². The first-order valence-electron chi connectivity index (χ1n) is 3.87. The summed E-state index contributed by atoms with van der Waals surface area (Å²) >= 11 is 0. The van der Waals surface area contributed by atoms with E-state index in [0.29, 0.717) is 0 Å². The Kier molecular flexibility index (Phi) is 5.36. The third kappa shape index (κ3) is 3.04. The second-order valence-corrected chi connectivity index (χ2v) is 2.81. The molecule has 12 heavy (non-hydrogen) atoms. The fourth-order valence-corrected chi connectivity index (χ4v) is 0.802. The Morgan fingerprint density at radius 3 is 2.00 bits per heavy atom. The van der Waals surface area contributed by atoms with Gasteiger partial charge in [-0.25, -0.2) is 0 Å². The largest absolute Gasteiger partial charge is 0.394 e. The lowest BCUT2D eigenvalue weighted by Crippen LogP contribution is -2.48. The summed E-state index contributed by atoms with van der Waals surface area (Å²) in [5.74, 6) is 0. The molecule has 0 saturated heterocycles. The second kappa shape index (κ2) is 5.45. The summed E-state index contributed by atoms with van der Waals surface area (Å²) in [6.45, 7) is 1.10. The average Bonchev–Trinajstić information content (AvgIpc) is 2.12. The minimum absolute atomic E-state index is 0.332. The number of aliphatic hydroxyl groups excluding tert-OH is 4. The predicted molar refractivity (Wildman–Crippen MR) is 43.6 cm³/mol. The number of hydrogen-bond donors (Lipinski definition) is 5. The molecule has 4 unspecified atom stereocenters. The molecule has 5 N–H and O–H groups in total. The average molecular weight is 179 g/mol. The van der Waals surface area contributed by atoms with Gasteiger partial charge in [-0.1, -0.05) is 0 Å². The monoisotopic (exact) mass is 179 g/mol. The molecule has 0 saturated carbocycles. The fourth-order valence-electron chi connectivity index (χ4n) is 0.802. The highest BCUT2D eigenvalue weighted by molar-refractivity contribution is 4.81. The van der Waals surface area contributed by atoms with E-state index in [1.807, 2.05) is 0 Å². The maximum absolute atomic E-state index is 9.30. The SMILES string of the molecule is CNC(C)C(O)C(O)C(O)CO. The molecule has 0 aromatic heterocycles. The number of nitrogens with one attached hydrogen (secondary N) is 1. The number of likely N-dealkylation sites (N-methyl/N-ethyl adjacent to an activating group) is 1. The Morgan fingerprint density at radius 1 is 1.17 bits per heavy atom. The van der Waals surface area contributed by atoms with Crippen LogP contribution in [0.4, 0.5) is 0 Å². The van der Waals surface area contributed by atoms with Gasteiger partial charge in [0.25, 0.3) is 0 Å². The van der Waals surface area contributed by atoms with Gasteiger partial charge >= 0.3 is 0 Å². The molecule has 5 heteroatoms. The van der Waals surface area contributed by atoms with Crippen molar-refractivity contribution in [2.45, 2.75) is 31.3 Å². The van der Waals surface area contributed by atoms with Gasteiger partial charge in [0.1, 0.15) is 12.2 Å². The molecule has 0 bridgehead atoms. The lowest BCUT2D eigenvalue weighted by Gasteiger charge is -2.25. The summed E-state index contributed by atoms with van der Waals surface area (Å²) in [6.07, 6.45) is -3.70. The quantitative estimate of drug-likeness (QED) is 0.326. The van der Waals surface area contributed by atoms with Crippen LogP contribution in [0.5, 0.6) is 0 Å². The van der Waals surface area contributed by atoms with Crippen LogP contribution < -0.4 is 5.32 Å². The molecule has 0 aliphatic rings. The zero-order valence-electron chi connectivity index (χ0n) is 7.31. The summed E-state index contributed by atoms with van der Waals surface area (Å²) in [5.41, 5.74) is 0. The first-order chi connectivity index (χ1) is 5.54. The zero-order valence-corrected chi connectivity index (χ0v) is 7.31. The van der Waals surface area contributed by atoms with Crippen molar-refractivity contribution in [2.24, 2.45) is 0 Å².